The molecular formula is C11H11N5O3. The fraction of sp³-hybridized carbons (Fsp3) is 0.0909. The van der Waals surface area contributed by atoms with Crippen molar-refractivity contribution in [3.8, 4) is 5.69 Å². The standard InChI is InChI=1S/C11H11N5O3/c1-19-11(18)6-2-4-7(5-3-6)16-9(12)8(10(13)17)14-15-16/h2-5H,12H2,1H3,(H2,13,17). The zero-order valence-electron chi connectivity index (χ0n) is 10.0. The van der Waals surface area contributed by atoms with Crippen LogP contribution in [0.1, 0.15) is 20.8 Å². The lowest BCUT2D eigenvalue weighted by molar-refractivity contribution is 0.0600. The van der Waals surface area contributed by atoms with Crippen molar-refractivity contribution in [2.24, 2.45) is 5.73 Å². The molecule has 0 saturated heterocycles. The molecule has 1 aromatic heterocycles. The zero-order chi connectivity index (χ0) is 14.0. The van der Waals surface area contributed by atoms with Crippen molar-refractivity contribution in [3.63, 3.8) is 0 Å². The van der Waals surface area contributed by atoms with Crippen molar-refractivity contribution < 1.29 is 14.3 Å². The summed E-state index contributed by atoms with van der Waals surface area (Å²) in [5.74, 6) is -1.16. The Morgan fingerprint density at radius 2 is 1.89 bits per heavy atom. The van der Waals surface area contributed by atoms with Crippen LogP contribution in [0.5, 0.6) is 0 Å². The molecule has 0 bridgehead atoms. The molecule has 0 fully saturated rings. The summed E-state index contributed by atoms with van der Waals surface area (Å²) >= 11 is 0. The highest BCUT2D eigenvalue weighted by Crippen LogP contribution is 2.15. The number of carbonyl (C=O) groups is 2. The minimum atomic E-state index is -0.755. The predicted octanol–water partition coefficient (Wildman–Crippen LogP) is -0.265. The van der Waals surface area contributed by atoms with Crippen molar-refractivity contribution >= 4 is 17.7 Å². The molecule has 1 aromatic carbocycles. The van der Waals surface area contributed by atoms with Gasteiger partial charge in [-0.05, 0) is 24.3 Å². The molecule has 8 nitrogen and oxygen atoms in total. The van der Waals surface area contributed by atoms with Gasteiger partial charge in [0, 0.05) is 0 Å². The van der Waals surface area contributed by atoms with Crippen LogP contribution in [0.4, 0.5) is 5.82 Å². The summed E-state index contributed by atoms with van der Waals surface area (Å²) in [6.07, 6.45) is 0. The fourth-order valence-corrected chi connectivity index (χ4v) is 1.51. The number of methoxy groups -OCH3 is 1. The van der Waals surface area contributed by atoms with E-state index in [1.165, 1.54) is 11.8 Å². The topological polar surface area (TPSA) is 126 Å². The number of nitrogens with zero attached hydrogens (tertiary/aromatic N) is 3. The monoisotopic (exact) mass is 261 g/mol. The lowest BCUT2D eigenvalue weighted by Gasteiger charge is -2.04. The maximum absolute atomic E-state index is 11.3. The van der Waals surface area contributed by atoms with Crippen molar-refractivity contribution in [1.29, 1.82) is 0 Å². The Labute approximate surface area is 107 Å². The Kier molecular flexibility index (Phi) is 3.15. The summed E-state index contributed by atoms with van der Waals surface area (Å²) in [5.41, 5.74) is 11.6. The summed E-state index contributed by atoms with van der Waals surface area (Å²) in [4.78, 5) is 22.3. The molecule has 0 aliphatic heterocycles. The third kappa shape index (κ3) is 2.23. The number of amides is 1. The molecule has 0 spiro atoms. The van der Waals surface area contributed by atoms with Gasteiger partial charge in [-0.1, -0.05) is 5.21 Å². The van der Waals surface area contributed by atoms with Gasteiger partial charge < -0.3 is 16.2 Å². The van der Waals surface area contributed by atoms with Gasteiger partial charge in [0.2, 0.25) is 0 Å². The van der Waals surface area contributed by atoms with Gasteiger partial charge in [0.1, 0.15) is 0 Å². The molecule has 0 atom stereocenters. The maximum Gasteiger partial charge on any atom is 0.337 e. The Hall–Kier alpha value is -2.90. The molecule has 0 aliphatic carbocycles. The highest BCUT2D eigenvalue weighted by atomic mass is 16.5. The van der Waals surface area contributed by atoms with Crippen LogP contribution in [-0.2, 0) is 4.74 Å². The van der Waals surface area contributed by atoms with Gasteiger partial charge >= 0.3 is 5.97 Å². The number of anilines is 1. The summed E-state index contributed by atoms with van der Waals surface area (Å²) in [6, 6.07) is 6.29. The third-order valence-electron chi connectivity index (χ3n) is 2.47. The largest absolute Gasteiger partial charge is 0.465 e. The normalized spacial score (nSPS) is 10.2. The van der Waals surface area contributed by atoms with E-state index in [4.69, 9.17) is 11.5 Å². The molecule has 2 rings (SSSR count). The molecule has 19 heavy (non-hydrogen) atoms. The molecule has 0 saturated carbocycles. The first-order valence-electron chi connectivity index (χ1n) is 5.24. The number of hydrogen-bond acceptors (Lipinski definition) is 6. The van der Waals surface area contributed by atoms with Crippen molar-refractivity contribution in [1.82, 2.24) is 15.0 Å². The van der Waals surface area contributed by atoms with Crippen molar-refractivity contribution in [2.75, 3.05) is 12.8 Å². The quantitative estimate of drug-likeness (QED) is 0.732. The predicted molar refractivity (Wildman–Crippen MR) is 65.6 cm³/mol. The zero-order valence-corrected chi connectivity index (χ0v) is 10.0. The maximum atomic E-state index is 11.3. The van der Waals surface area contributed by atoms with Crippen LogP contribution in [0.3, 0.4) is 0 Å². The van der Waals surface area contributed by atoms with Crippen molar-refractivity contribution in [3.05, 3.63) is 35.5 Å². The second-order valence-corrected chi connectivity index (χ2v) is 3.64. The summed E-state index contributed by atoms with van der Waals surface area (Å²) in [6.45, 7) is 0. The van der Waals surface area contributed by atoms with Gasteiger partial charge in [0.15, 0.2) is 11.5 Å². The minimum Gasteiger partial charge on any atom is -0.465 e. The highest BCUT2D eigenvalue weighted by Gasteiger charge is 2.15. The van der Waals surface area contributed by atoms with Gasteiger partial charge in [-0.25, -0.2) is 4.79 Å². The van der Waals surface area contributed by atoms with E-state index < -0.39 is 11.9 Å². The Bertz CT molecular complexity index is 632. The number of nitrogens with two attached hydrogens (primary N) is 2. The Morgan fingerprint density at radius 1 is 1.26 bits per heavy atom. The number of carbonyl (C=O) groups excluding carboxylic acids is 2. The first kappa shape index (κ1) is 12.6. The molecule has 0 radical (unpaired) electrons. The number of rotatable bonds is 3. The molecule has 0 aliphatic rings. The minimum absolute atomic E-state index is 0.0401. The van der Waals surface area contributed by atoms with Gasteiger partial charge in [0.25, 0.3) is 5.91 Å². The molecule has 1 heterocycles. The second-order valence-electron chi connectivity index (χ2n) is 3.64. The van der Waals surface area contributed by atoms with E-state index >= 15 is 0 Å². The molecule has 0 unspecified atom stereocenters. The van der Waals surface area contributed by atoms with E-state index in [-0.39, 0.29) is 11.5 Å². The average molecular weight is 261 g/mol. The van der Waals surface area contributed by atoms with Gasteiger partial charge in [-0.15, -0.1) is 5.10 Å². The van der Waals surface area contributed by atoms with Crippen molar-refractivity contribution in [2.45, 2.75) is 0 Å². The molecule has 2 aromatic rings. The number of esters is 1. The Morgan fingerprint density at radius 3 is 2.37 bits per heavy atom. The van der Waals surface area contributed by atoms with Crippen LogP contribution in [0, 0.1) is 0 Å². The molecule has 8 heteroatoms. The molecule has 4 N–H and O–H groups in total. The van der Waals surface area contributed by atoms with Crippen LogP contribution < -0.4 is 11.5 Å². The van der Waals surface area contributed by atoms with Gasteiger partial charge in [0.05, 0.1) is 18.4 Å². The molecule has 1 amide bonds. The van der Waals surface area contributed by atoms with E-state index in [0.717, 1.165) is 0 Å². The van der Waals surface area contributed by atoms with Crippen LogP contribution in [-0.4, -0.2) is 34.0 Å². The number of ether oxygens (including phenoxy) is 1. The van der Waals surface area contributed by atoms with E-state index in [9.17, 15) is 9.59 Å². The average Bonchev–Trinajstić information content (AvgIpc) is 2.80. The lowest BCUT2D eigenvalue weighted by Crippen LogP contribution is -2.14. The number of primary amides is 1. The van der Waals surface area contributed by atoms with Crippen LogP contribution in [0.25, 0.3) is 5.69 Å². The van der Waals surface area contributed by atoms with E-state index in [1.807, 2.05) is 0 Å². The van der Waals surface area contributed by atoms with E-state index in [2.05, 4.69) is 15.0 Å². The smallest absolute Gasteiger partial charge is 0.337 e. The fourth-order valence-electron chi connectivity index (χ4n) is 1.51. The Balaban J connectivity index is 2.38. The van der Waals surface area contributed by atoms with Crippen LogP contribution in [0.2, 0.25) is 0 Å². The van der Waals surface area contributed by atoms with Gasteiger partial charge in [-0.2, -0.15) is 4.68 Å². The van der Waals surface area contributed by atoms with Crippen LogP contribution in [0.15, 0.2) is 24.3 Å². The first-order valence-corrected chi connectivity index (χ1v) is 5.24. The first-order chi connectivity index (χ1) is 9.04. The van der Waals surface area contributed by atoms with E-state index in [0.29, 0.717) is 11.3 Å². The second kappa shape index (κ2) is 4.77. The van der Waals surface area contributed by atoms with Gasteiger partial charge in [-0.3, -0.25) is 4.79 Å². The SMILES string of the molecule is COC(=O)c1ccc(-n2nnc(C(N)=O)c2N)cc1. The summed E-state index contributed by atoms with van der Waals surface area (Å²) < 4.78 is 5.83. The summed E-state index contributed by atoms with van der Waals surface area (Å²) in [5, 5.41) is 7.31. The van der Waals surface area contributed by atoms with E-state index in [1.54, 1.807) is 24.3 Å². The number of nitrogen functional groups attached to an aromatic ring is 1. The lowest BCUT2D eigenvalue weighted by atomic mass is 10.2. The number of hydrogen-bond donors (Lipinski definition) is 2. The number of aromatic nitrogens is 3. The highest BCUT2D eigenvalue weighted by molar-refractivity contribution is 5.95. The molecule has 98 valence electrons. The molecular weight excluding hydrogens is 250 g/mol. The van der Waals surface area contributed by atoms with Crippen LogP contribution >= 0.6 is 0 Å². The number of benzene rings is 1. The third-order valence-corrected chi connectivity index (χ3v) is 2.47. The summed E-state index contributed by atoms with van der Waals surface area (Å²) in [7, 11) is 1.30.